The average Bonchev–Trinajstić information content (AvgIpc) is 2.40. The topological polar surface area (TPSA) is 31.5 Å². The third-order valence-corrected chi connectivity index (χ3v) is 2.72. The Balaban J connectivity index is 2.21. The molecule has 0 aliphatic carbocycles. The Kier molecular flexibility index (Phi) is 2.26. The van der Waals surface area contributed by atoms with E-state index in [1.807, 2.05) is 48.5 Å². The molecule has 0 amide bonds. The summed E-state index contributed by atoms with van der Waals surface area (Å²) >= 11 is 0. The number of hydrogen-bond donors (Lipinski definition) is 1. The first-order valence-electron chi connectivity index (χ1n) is 5.45. The van der Waals surface area contributed by atoms with E-state index in [9.17, 15) is 5.11 Å². The number of benzene rings is 2. The van der Waals surface area contributed by atoms with Crippen LogP contribution in [0.3, 0.4) is 0 Å². The molecule has 17 heavy (non-hydrogen) atoms. The summed E-state index contributed by atoms with van der Waals surface area (Å²) in [5.74, 6) is 1.04. The molecule has 0 aliphatic rings. The molecule has 0 atom stereocenters. The molecular weight excluding hydrogens is 212 g/mol. The summed E-state index contributed by atoms with van der Waals surface area (Å²) in [6.07, 6.45) is 0. The van der Waals surface area contributed by atoms with E-state index in [0.29, 0.717) is 5.58 Å². The largest absolute Gasteiger partial charge is 0.507 e. The predicted octanol–water partition coefficient (Wildman–Crippen LogP) is 4.09. The van der Waals surface area contributed by atoms with Crippen LogP contribution in [0.4, 0.5) is 0 Å². The molecule has 0 fully saturated rings. The maximum atomic E-state index is 9.67. The van der Waals surface area contributed by atoms with Crippen LogP contribution >= 0.6 is 0 Å². The molecule has 1 heterocycles. The van der Waals surface area contributed by atoms with E-state index in [0.717, 1.165) is 16.7 Å². The van der Waals surface area contributed by atoms with Crippen LogP contribution in [0, 0.1) is 0 Å². The van der Waals surface area contributed by atoms with Gasteiger partial charge in [0.1, 0.15) is 11.1 Å². The first kappa shape index (κ1) is 9.85. The molecule has 0 spiro atoms. The summed E-state index contributed by atoms with van der Waals surface area (Å²) in [7, 11) is 0. The molecule has 3 rings (SSSR count). The van der Waals surface area contributed by atoms with E-state index in [-0.39, 0.29) is 5.75 Å². The number of fused-ring (bicyclic) bond motifs is 1. The molecule has 0 aliphatic heterocycles. The minimum absolute atomic E-state index is 0.242. The van der Waals surface area contributed by atoms with Crippen LogP contribution in [0.1, 0.15) is 0 Å². The fraction of sp³-hybridized carbons (Fsp3) is 0. The highest BCUT2D eigenvalue weighted by atomic mass is 16.3. The Hall–Kier alpha value is -2.35. The van der Waals surface area contributed by atoms with Crippen molar-refractivity contribution in [3.8, 4) is 17.1 Å². The zero-order valence-electron chi connectivity index (χ0n) is 9.13. The summed E-state index contributed by atoms with van der Waals surface area (Å²) in [5, 5.41) is 10.4. The molecule has 0 unspecified atom stereocenters. The van der Waals surface area contributed by atoms with Crippen LogP contribution < -0.4 is 0 Å². The predicted molar refractivity (Wildman–Crippen MR) is 67.7 cm³/mol. The maximum Gasteiger partial charge on any atom is 0.364 e. The van der Waals surface area contributed by atoms with Crippen molar-refractivity contribution < 1.29 is 9.52 Å². The van der Waals surface area contributed by atoms with Crippen LogP contribution in [0.5, 0.6) is 5.75 Å². The van der Waals surface area contributed by atoms with E-state index in [2.05, 4.69) is 0 Å². The molecule has 0 saturated heterocycles. The SMILES string of the molecule is Oc1cccc2[o+]c(-c3ccccc3)ccc12. The van der Waals surface area contributed by atoms with Gasteiger partial charge in [-0.3, -0.25) is 0 Å². The zero-order chi connectivity index (χ0) is 11.7. The smallest absolute Gasteiger partial charge is 0.364 e. The van der Waals surface area contributed by atoms with Gasteiger partial charge in [-0.25, -0.2) is 4.42 Å². The van der Waals surface area contributed by atoms with Gasteiger partial charge in [-0.2, -0.15) is 0 Å². The van der Waals surface area contributed by atoms with Crippen LogP contribution in [-0.4, -0.2) is 5.11 Å². The van der Waals surface area contributed by atoms with Gasteiger partial charge in [0.2, 0.25) is 0 Å². The number of aromatic hydroxyl groups is 1. The standard InChI is InChI=1S/C15H10O2/c16-13-7-4-8-15-12(13)9-10-14(17-15)11-5-2-1-3-6-11/h1-10H/p+1. The minimum Gasteiger partial charge on any atom is -0.507 e. The van der Waals surface area contributed by atoms with Gasteiger partial charge in [-0.1, -0.05) is 18.2 Å². The molecule has 82 valence electrons. The summed E-state index contributed by atoms with van der Waals surface area (Å²) in [6.45, 7) is 0. The van der Waals surface area contributed by atoms with Gasteiger partial charge in [-0.05, 0) is 30.3 Å². The summed E-state index contributed by atoms with van der Waals surface area (Å²) in [4.78, 5) is 0. The van der Waals surface area contributed by atoms with E-state index in [1.54, 1.807) is 12.1 Å². The second kappa shape index (κ2) is 3.91. The lowest BCUT2D eigenvalue weighted by Crippen LogP contribution is -1.79. The van der Waals surface area contributed by atoms with E-state index in [1.165, 1.54) is 0 Å². The lowest BCUT2D eigenvalue weighted by Gasteiger charge is -1.94. The molecular formula is C15H11O2+. The molecule has 3 aromatic rings. The van der Waals surface area contributed by atoms with Gasteiger partial charge in [0.25, 0.3) is 0 Å². The molecule has 0 bridgehead atoms. The van der Waals surface area contributed by atoms with Crippen molar-refractivity contribution >= 4 is 11.0 Å². The number of phenols is 1. The molecule has 0 saturated carbocycles. The van der Waals surface area contributed by atoms with Crippen molar-refractivity contribution in [2.75, 3.05) is 0 Å². The maximum absolute atomic E-state index is 9.67. The molecule has 2 heteroatoms. The number of rotatable bonds is 1. The number of hydrogen-bond acceptors (Lipinski definition) is 1. The highest BCUT2D eigenvalue weighted by molar-refractivity contribution is 5.84. The van der Waals surface area contributed by atoms with Crippen LogP contribution in [0.25, 0.3) is 22.3 Å². The summed E-state index contributed by atoms with van der Waals surface area (Å²) in [5.41, 5.74) is 1.71. The average molecular weight is 223 g/mol. The molecule has 1 aromatic heterocycles. The molecule has 0 radical (unpaired) electrons. The van der Waals surface area contributed by atoms with Crippen LogP contribution in [-0.2, 0) is 0 Å². The van der Waals surface area contributed by atoms with Crippen LogP contribution in [0.2, 0.25) is 0 Å². The zero-order valence-corrected chi connectivity index (χ0v) is 9.13. The highest BCUT2D eigenvalue weighted by Crippen LogP contribution is 2.28. The normalized spacial score (nSPS) is 10.6. The first-order valence-corrected chi connectivity index (χ1v) is 5.45. The van der Waals surface area contributed by atoms with E-state index >= 15 is 0 Å². The number of phenolic OH excluding ortho intramolecular Hbond substituents is 1. The van der Waals surface area contributed by atoms with E-state index in [4.69, 9.17) is 4.42 Å². The van der Waals surface area contributed by atoms with Gasteiger partial charge < -0.3 is 5.11 Å². The van der Waals surface area contributed by atoms with Crippen molar-refractivity contribution in [3.05, 3.63) is 60.7 Å². The van der Waals surface area contributed by atoms with Crippen molar-refractivity contribution in [3.63, 3.8) is 0 Å². The third-order valence-electron chi connectivity index (χ3n) is 2.72. The van der Waals surface area contributed by atoms with Gasteiger partial charge in [0.15, 0.2) is 0 Å². The highest BCUT2D eigenvalue weighted by Gasteiger charge is 2.15. The van der Waals surface area contributed by atoms with Gasteiger partial charge >= 0.3 is 11.3 Å². The summed E-state index contributed by atoms with van der Waals surface area (Å²) in [6, 6.07) is 18.9. The lowest BCUT2D eigenvalue weighted by atomic mass is 10.1. The van der Waals surface area contributed by atoms with Crippen molar-refractivity contribution in [2.45, 2.75) is 0 Å². The lowest BCUT2D eigenvalue weighted by molar-refractivity contribution is 0.480. The Morgan fingerprint density at radius 1 is 0.765 bits per heavy atom. The fourth-order valence-electron chi connectivity index (χ4n) is 1.86. The van der Waals surface area contributed by atoms with Crippen molar-refractivity contribution in [2.24, 2.45) is 0 Å². The fourth-order valence-corrected chi connectivity index (χ4v) is 1.86. The molecule has 1 N–H and O–H groups in total. The second-order valence-corrected chi connectivity index (χ2v) is 3.85. The van der Waals surface area contributed by atoms with Gasteiger partial charge in [0, 0.05) is 12.1 Å². The Labute approximate surface area is 98.8 Å². The monoisotopic (exact) mass is 223 g/mol. The Morgan fingerprint density at radius 2 is 1.59 bits per heavy atom. The van der Waals surface area contributed by atoms with E-state index < -0.39 is 0 Å². The van der Waals surface area contributed by atoms with Gasteiger partial charge in [0.05, 0.1) is 5.56 Å². The third kappa shape index (κ3) is 1.74. The Bertz CT molecular complexity index is 660. The molecule has 2 aromatic carbocycles. The first-order chi connectivity index (χ1) is 8.34. The van der Waals surface area contributed by atoms with Crippen LogP contribution in [0.15, 0.2) is 65.1 Å². The second-order valence-electron chi connectivity index (χ2n) is 3.85. The van der Waals surface area contributed by atoms with Gasteiger partial charge in [-0.15, -0.1) is 0 Å². The summed E-state index contributed by atoms with van der Waals surface area (Å²) < 4.78 is 5.77. The Morgan fingerprint density at radius 3 is 2.41 bits per heavy atom. The quantitative estimate of drug-likeness (QED) is 0.630. The molecule has 2 nitrogen and oxygen atoms in total. The minimum atomic E-state index is 0.242. The van der Waals surface area contributed by atoms with Crippen molar-refractivity contribution in [1.29, 1.82) is 0 Å². The van der Waals surface area contributed by atoms with Crippen molar-refractivity contribution in [1.82, 2.24) is 0 Å².